The molecule has 2 rings (SSSR count). The molecule has 1 aromatic carbocycles. The topological polar surface area (TPSA) is 62.4 Å². The van der Waals surface area contributed by atoms with Gasteiger partial charge in [-0.2, -0.15) is 0 Å². The molecule has 3 N–H and O–H groups in total. The number of methoxy groups -OCH3 is 1. The maximum Gasteiger partial charge on any atom is 0.319 e. The molecule has 0 aromatic heterocycles. The minimum atomic E-state index is -0.190. The van der Waals surface area contributed by atoms with E-state index in [1.807, 2.05) is 24.3 Å². The molecule has 0 aliphatic carbocycles. The van der Waals surface area contributed by atoms with Crippen LogP contribution in [0.5, 0.6) is 5.75 Å². The fourth-order valence-corrected chi connectivity index (χ4v) is 2.44. The molecule has 0 saturated carbocycles. The van der Waals surface area contributed by atoms with E-state index < -0.39 is 0 Å². The molecule has 20 heavy (non-hydrogen) atoms. The smallest absolute Gasteiger partial charge is 0.319 e. The molecule has 1 aliphatic heterocycles. The number of para-hydroxylation sites is 2. The summed E-state index contributed by atoms with van der Waals surface area (Å²) in [7, 11) is 1.59. The number of carbonyl (C=O) groups is 1. The second kappa shape index (κ2) is 7.75. The van der Waals surface area contributed by atoms with Crippen molar-refractivity contribution in [2.45, 2.75) is 31.7 Å². The normalized spacial score (nSPS) is 18.4. The van der Waals surface area contributed by atoms with Crippen LogP contribution in [0.2, 0.25) is 0 Å². The lowest BCUT2D eigenvalue weighted by Gasteiger charge is -2.23. The number of hydrogen-bond donors (Lipinski definition) is 3. The Morgan fingerprint density at radius 3 is 3.00 bits per heavy atom. The molecular weight excluding hydrogens is 254 g/mol. The zero-order valence-electron chi connectivity index (χ0n) is 11.9. The van der Waals surface area contributed by atoms with E-state index >= 15 is 0 Å². The largest absolute Gasteiger partial charge is 0.495 e. The third-order valence-electron chi connectivity index (χ3n) is 3.55. The van der Waals surface area contributed by atoms with E-state index in [1.165, 1.54) is 19.3 Å². The summed E-state index contributed by atoms with van der Waals surface area (Å²) in [5.41, 5.74) is 0.684. The van der Waals surface area contributed by atoms with E-state index in [0.29, 0.717) is 24.0 Å². The van der Waals surface area contributed by atoms with E-state index in [0.717, 1.165) is 13.0 Å². The first-order valence-electron chi connectivity index (χ1n) is 7.21. The predicted molar refractivity (Wildman–Crippen MR) is 80.3 cm³/mol. The number of urea groups is 1. The van der Waals surface area contributed by atoms with Gasteiger partial charge in [-0.15, -0.1) is 0 Å². The van der Waals surface area contributed by atoms with Crippen LogP contribution in [0.15, 0.2) is 24.3 Å². The minimum Gasteiger partial charge on any atom is -0.495 e. The van der Waals surface area contributed by atoms with Gasteiger partial charge >= 0.3 is 6.03 Å². The number of rotatable bonds is 5. The SMILES string of the molecule is COc1ccccc1NC(=O)NCCC1CCCCN1. The van der Waals surface area contributed by atoms with Gasteiger partial charge < -0.3 is 20.7 Å². The summed E-state index contributed by atoms with van der Waals surface area (Å²) in [5, 5.41) is 9.16. The first-order chi connectivity index (χ1) is 9.79. The summed E-state index contributed by atoms with van der Waals surface area (Å²) in [4.78, 5) is 11.8. The zero-order chi connectivity index (χ0) is 14.2. The van der Waals surface area contributed by atoms with Crippen LogP contribution in [-0.2, 0) is 0 Å². The number of carbonyl (C=O) groups excluding carboxylic acids is 1. The quantitative estimate of drug-likeness (QED) is 0.774. The van der Waals surface area contributed by atoms with Crippen LogP contribution in [-0.4, -0.2) is 32.3 Å². The second-order valence-electron chi connectivity index (χ2n) is 5.02. The van der Waals surface area contributed by atoms with Gasteiger partial charge in [-0.05, 0) is 37.9 Å². The number of amides is 2. The zero-order valence-corrected chi connectivity index (χ0v) is 11.9. The highest BCUT2D eigenvalue weighted by molar-refractivity contribution is 5.90. The molecule has 1 unspecified atom stereocenters. The molecule has 1 atom stereocenters. The molecule has 5 heteroatoms. The van der Waals surface area contributed by atoms with Crippen molar-refractivity contribution in [1.29, 1.82) is 0 Å². The number of anilines is 1. The molecule has 0 spiro atoms. The Balaban J connectivity index is 1.72. The van der Waals surface area contributed by atoms with Gasteiger partial charge in [0.25, 0.3) is 0 Å². The Hall–Kier alpha value is -1.75. The lowest BCUT2D eigenvalue weighted by atomic mass is 10.0. The number of ether oxygens (including phenoxy) is 1. The fourth-order valence-electron chi connectivity index (χ4n) is 2.44. The van der Waals surface area contributed by atoms with Crippen LogP contribution < -0.4 is 20.7 Å². The lowest BCUT2D eigenvalue weighted by molar-refractivity contribution is 0.251. The van der Waals surface area contributed by atoms with Crippen molar-refractivity contribution in [3.63, 3.8) is 0 Å². The van der Waals surface area contributed by atoms with Gasteiger partial charge in [0.1, 0.15) is 5.75 Å². The summed E-state index contributed by atoms with van der Waals surface area (Å²) in [5.74, 6) is 0.664. The molecule has 1 heterocycles. The van der Waals surface area contributed by atoms with Crippen molar-refractivity contribution in [3.8, 4) is 5.75 Å². The highest BCUT2D eigenvalue weighted by atomic mass is 16.5. The van der Waals surface area contributed by atoms with Crippen LogP contribution in [0, 0.1) is 0 Å². The van der Waals surface area contributed by atoms with Gasteiger partial charge in [-0.25, -0.2) is 4.79 Å². The highest BCUT2D eigenvalue weighted by Crippen LogP contribution is 2.22. The molecule has 0 bridgehead atoms. The van der Waals surface area contributed by atoms with E-state index in [2.05, 4.69) is 16.0 Å². The van der Waals surface area contributed by atoms with Crippen LogP contribution in [0.1, 0.15) is 25.7 Å². The summed E-state index contributed by atoms with van der Waals surface area (Å²) in [6.07, 6.45) is 4.72. The Morgan fingerprint density at radius 1 is 1.40 bits per heavy atom. The van der Waals surface area contributed by atoms with Gasteiger partial charge in [0, 0.05) is 12.6 Å². The maximum absolute atomic E-state index is 11.8. The third kappa shape index (κ3) is 4.42. The van der Waals surface area contributed by atoms with Gasteiger partial charge in [0.2, 0.25) is 0 Å². The van der Waals surface area contributed by atoms with Crippen molar-refractivity contribution < 1.29 is 9.53 Å². The molecular formula is C15H23N3O2. The van der Waals surface area contributed by atoms with Crippen LogP contribution in [0.3, 0.4) is 0 Å². The van der Waals surface area contributed by atoms with Crippen LogP contribution in [0.4, 0.5) is 10.5 Å². The predicted octanol–water partition coefficient (Wildman–Crippen LogP) is 2.35. The van der Waals surface area contributed by atoms with Crippen molar-refractivity contribution >= 4 is 11.7 Å². The molecule has 2 amide bonds. The second-order valence-corrected chi connectivity index (χ2v) is 5.02. The number of piperidine rings is 1. The van der Waals surface area contributed by atoms with Crippen LogP contribution in [0.25, 0.3) is 0 Å². The highest BCUT2D eigenvalue weighted by Gasteiger charge is 2.12. The van der Waals surface area contributed by atoms with Gasteiger partial charge in [-0.1, -0.05) is 18.6 Å². The Kier molecular flexibility index (Phi) is 5.68. The third-order valence-corrected chi connectivity index (χ3v) is 3.55. The Labute approximate surface area is 120 Å². The van der Waals surface area contributed by atoms with E-state index in [4.69, 9.17) is 4.74 Å². The van der Waals surface area contributed by atoms with E-state index in [1.54, 1.807) is 7.11 Å². The van der Waals surface area contributed by atoms with Crippen molar-refractivity contribution in [2.24, 2.45) is 0 Å². The van der Waals surface area contributed by atoms with Crippen molar-refractivity contribution in [2.75, 3.05) is 25.5 Å². The first kappa shape index (κ1) is 14.7. The summed E-state index contributed by atoms with van der Waals surface area (Å²) < 4.78 is 5.19. The summed E-state index contributed by atoms with van der Waals surface area (Å²) >= 11 is 0. The Morgan fingerprint density at radius 2 is 2.25 bits per heavy atom. The average Bonchev–Trinajstić information content (AvgIpc) is 2.49. The molecule has 1 fully saturated rings. The average molecular weight is 277 g/mol. The minimum absolute atomic E-state index is 0.190. The molecule has 110 valence electrons. The Bertz CT molecular complexity index is 431. The number of benzene rings is 1. The molecule has 1 saturated heterocycles. The lowest BCUT2D eigenvalue weighted by Crippen LogP contribution is -2.38. The standard InChI is InChI=1S/C15H23N3O2/c1-20-14-8-3-2-7-13(14)18-15(19)17-11-9-12-6-4-5-10-16-12/h2-3,7-8,12,16H,4-6,9-11H2,1H3,(H2,17,18,19). The maximum atomic E-state index is 11.8. The molecule has 5 nitrogen and oxygen atoms in total. The number of hydrogen-bond acceptors (Lipinski definition) is 3. The summed E-state index contributed by atoms with van der Waals surface area (Å²) in [6, 6.07) is 7.73. The molecule has 0 radical (unpaired) electrons. The van der Waals surface area contributed by atoms with Gasteiger partial charge in [0.15, 0.2) is 0 Å². The van der Waals surface area contributed by atoms with Gasteiger partial charge in [0.05, 0.1) is 12.8 Å². The van der Waals surface area contributed by atoms with Crippen molar-refractivity contribution in [3.05, 3.63) is 24.3 Å². The monoisotopic (exact) mass is 277 g/mol. The summed E-state index contributed by atoms with van der Waals surface area (Å²) in [6.45, 7) is 1.77. The fraction of sp³-hybridized carbons (Fsp3) is 0.533. The van der Waals surface area contributed by atoms with E-state index in [9.17, 15) is 4.79 Å². The van der Waals surface area contributed by atoms with Gasteiger partial charge in [-0.3, -0.25) is 0 Å². The molecule has 1 aromatic rings. The van der Waals surface area contributed by atoms with Crippen molar-refractivity contribution in [1.82, 2.24) is 10.6 Å². The molecule has 1 aliphatic rings. The van der Waals surface area contributed by atoms with E-state index in [-0.39, 0.29) is 6.03 Å². The van der Waals surface area contributed by atoms with Crippen LogP contribution >= 0.6 is 0 Å². The first-order valence-corrected chi connectivity index (χ1v) is 7.21. The number of nitrogens with one attached hydrogen (secondary N) is 3.